The molecule has 0 bridgehead atoms. The predicted octanol–water partition coefficient (Wildman–Crippen LogP) is 4.57. The van der Waals surface area contributed by atoms with Crippen LogP contribution in [-0.2, 0) is 22.5 Å². The van der Waals surface area contributed by atoms with E-state index in [0.29, 0.717) is 19.5 Å². The zero-order valence-electron chi connectivity index (χ0n) is 19.7. The van der Waals surface area contributed by atoms with Crippen molar-refractivity contribution in [3.63, 3.8) is 0 Å². The minimum atomic E-state index is -0.0116. The van der Waals surface area contributed by atoms with Gasteiger partial charge in [-0.25, -0.2) is 4.98 Å². The van der Waals surface area contributed by atoms with Gasteiger partial charge in [-0.1, -0.05) is 60.7 Å². The molecule has 1 amide bonds. The Morgan fingerprint density at radius 2 is 1.77 bits per heavy atom. The van der Waals surface area contributed by atoms with E-state index in [1.807, 2.05) is 23.6 Å². The highest BCUT2D eigenvalue weighted by molar-refractivity contribution is 7.13. The first kappa shape index (κ1) is 23.5. The van der Waals surface area contributed by atoms with Gasteiger partial charge >= 0.3 is 0 Å². The highest BCUT2D eigenvalue weighted by atomic mass is 32.1. The molecule has 1 aliphatic heterocycles. The SMILES string of the molecule is O=C(Cc1csc(-c2ccc(CN3CCOCC3)cc2)n1)NCCNc1cccc2ccccc12. The van der Waals surface area contributed by atoms with Crippen molar-refractivity contribution >= 4 is 33.7 Å². The van der Waals surface area contributed by atoms with Crippen molar-refractivity contribution in [3.05, 3.63) is 83.4 Å². The molecule has 1 fully saturated rings. The Bertz CT molecular complexity index is 1260. The molecule has 5 rings (SSSR count). The molecule has 0 saturated carbocycles. The molecule has 3 aromatic carbocycles. The van der Waals surface area contributed by atoms with Crippen LogP contribution < -0.4 is 10.6 Å². The summed E-state index contributed by atoms with van der Waals surface area (Å²) in [4.78, 5) is 19.5. The van der Waals surface area contributed by atoms with Crippen LogP contribution in [0.15, 0.2) is 72.1 Å². The average Bonchev–Trinajstić information content (AvgIpc) is 3.36. The van der Waals surface area contributed by atoms with E-state index in [1.165, 1.54) is 16.3 Å². The quantitative estimate of drug-likeness (QED) is 0.340. The summed E-state index contributed by atoms with van der Waals surface area (Å²) in [5, 5.41) is 11.7. The number of hydrogen-bond donors (Lipinski definition) is 2. The number of anilines is 1. The third-order valence-corrected chi connectivity index (χ3v) is 7.10. The monoisotopic (exact) mass is 486 g/mol. The topological polar surface area (TPSA) is 66.5 Å². The fourth-order valence-electron chi connectivity index (χ4n) is 4.30. The molecule has 1 saturated heterocycles. The highest BCUT2D eigenvalue weighted by Gasteiger charge is 2.12. The molecule has 180 valence electrons. The normalized spacial score (nSPS) is 14.2. The number of carbonyl (C=O) groups is 1. The fourth-order valence-corrected chi connectivity index (χ4v) is 5.12. The first-order chi connectivity index (χ1) is 17.2. The van der Waals surface area contributed by atoms with E-state index in [4.69, 9.17) is 9.72 Å². The summed E-state index contributed by atoms with van der Waals surface area (Å²) in [5.74, 6) is -0.0116. The molecule has 2 N–H and O–H groups in total. The lowest BCUT2D eigenvalue weighted by Crippen LogP contribution is -2.35. The van der Waals surface area contributed by atoms with Gasteiger partial charge in [0, 0.05) is 54.7 Å². The summed E-state index contributed by atoms with van der Waals surface area (Å²) in [7, 11) is 0. The minimum Gasteiger partial charge on any atom is -0.383 e. The molecule has 0 unspecified atom stereocenters. The summed E-state index contributed by atoms with van der Waals surface area (Å²) in [6.45, 7) is 5.77. The maximum atomic E-state index is 12.4. The Labute approximate surface area is 210 Å². The van der Waals surface area contributed by atoms with Crippen LogP contribution in [0.4, 0.5) is 5.69 Å². The van der Waals surface area contributed by atoms with Gasteiger partial charge in [-0.15, -0.1) is 11.3 Å². The first-order valence-electron chi connectivity index (χ1n) is 12.1. The van der Waals surface area contributed by atoms with Crippen LogP contribution in [0.25, 0.3) is 21.3 Å². The van der Waals surface area contributed by atoms with E-state index in [2.05, 4.69) is 64.1 Å². The molecule has 0 aliphatic carbocycles. The van der Waals surface area contributed by atoms with Crippen LogP contribution in [0.1, 0.15) is 11.3 Å². The third kappa shape index (κ3) is 6.25. The van der Waals surface area contributed by atoms with E-state index >= 15 is 0 Å². The lowest BCUT2D eigenvalue weighted by Gasteiger charge is -2.26. The van der Waals surface area contributed by atoms with Crippen LogP contribution >= 0.6 is 11.3 Å². The lowest BCUT2D eigenvalue weighted by molar-refractivity contribution is -0.120. The molecule has 1 aliphatic rings. The van der Waals surface area contributed by atoms with Gasteiger partial charge in [0.05, 0.1) is 25.3 Å². The Morgan fingerprint density at radius 1 is 0.971 bits per heavy atom. The van der Waals surface area contributed by atoms with Crippen molar-refractivity contribution in [1.82, 2.24) is 15.2 Å². The average molecular weight is 487 g/mol. The summed E-state index contributed by atoms with van der Waals surface area (Å²) >= 11 is 1.58. The number of hydrogen-bond acceptors (Lipinski definition) is 6. The zero-order chi connectivity index (χ0) is 23.9. The molecule has 7 heteroatoms. The second-order valence-electron chi connectivity index (χ2n) is 8.71. The molecule has 0 atom stereocenters. The van der Waals surface area contributed by atoms with E-state index < -0.39 is 0 Å². The molecule has 6 nitrogen and oxygen atoms in total. The fraction of sp³-hybridized carbons (Fsp3) is 0.286. The van der Waals surface area contributed by atoms with Gasteiger partial charge in [-0.3, -0.25) is 9.69 Å². The van der Waals surface area contributed by atoms with Crippen molar-refractivity contribution < 1.29 is 9.53 Å². The molecular weight excluding hydrogens is 456 g/mol. The number of fused-ring (bicyclic) bond motifs is 1. The van der Waals surface area contributed by atoms with Crippen LogP contribution in [0.2, 0.25) is 0 Å². The summed E-state index contributed by atoms with van der Waals surface area (Å²) in [6.07, 6.45) is 0.292. The zero-order valence-corrected chi connectivity index (χ0v) is 20.5. The Hall–Kier alpha value is -3.26. The van der Waals surface area contributed by atoms with Gasteiger partial charge in [-0.05, 0) is 17.0 Å². The largest absolute Gasteiger partial charge is 0.383 e. The summed E-state index contributed by atoms with van der Waals surface area (Å²) in [5.41, 5.74) is 4.27. The first-order valence-corrected chi connectivity index (χ1v) is 12.9. The van der Waals surface area contributed by atoms with Gasteiger partial charge in [-0.2, -0.15) is 0 Å². The highest BCUT2D eigenvalue weighted by Crippen LogP contribution is 2.25. The molecule has 35 heavy (non-hydrogen) atoms. The lowest BCUT2D eigenvalue weighted by atomic mass is 10.1. The van der Waals surface area contributed by atoms with Gasteiger partial charge < -0.3 is 15.4 Å². The third-order valence-electron chi connectivity index (χ3n) is 6.16. The Balaban J connectivity index is 1.08. The minimum absolute atomic E-state index is 0.0116. The van der Waals surface area contributed by atoms with Crippen LogP contribution in [0, 0.1) is 0 Å². The van der Waals surface area contributed by atoms with E-state index in [-0.39, 0.29) is 5.91 Å². The second kappa shape index (κ2) is 11.4. The summed E-state index contributed by atoms with van der Waals surface area (Å²) in [6, 6.07) is 23.1. The molecule has 2 heterocycles. The van der Waals surface area contributed by atoms with E-state index in [9.17, 15) is 4.79 Å². The standard InChI is InChI=1S/C28H30N4O2S/c33-27(30-13-12-29-26-7-3-5-22-4-1-2-6-25(22)26)18-24-20-35-28(31-24)23-10-8-21(9-11-23)19-32-14-16-34-17-15-32/h1-11,20,29H,12-19H2,(H,30,33). The molecule has 0 spiro atoms. The Kier molecular flexibility index (Phi) is 7.68. The van der Waals surface area contributed by atoms with Gasteiger partial charge in [0.1, 0.15) is 5.01 Å². The van der Waals surface area contributed by atoms with Crippen LogP contribution in [0.3, 0.4) is 0 Å². The van der Waals surface area contributed by atoms with Crippen molar-refractivity contribution in [2.24, 2.45) is 0 Å². The Morgan fingerprint density at radius 3 is 2.63 bits per heavy atom. The van der Waals surface area contributed by atoms with Crippen molar-refractivity contribution in [3.8, 4) is 10.6 Å². The number of ether oxygens (including phenoxy) is 1. The maximum absolute atomic E-state index is 12.4. The number of carbonyl (C=O) groups excluding carboxylic acids is 1. The number of benzene rings is 3. The second-order valence-corrected chi connectivity index (χ2v) is 9.57. The summed E-state index contributed by atoms with van der Waals surface area (Å²) < 4.78 is 5.42. The van der Waals surface area contributed by atoms with E-state index in [1.54, 1.807) is 11.3 Å². The van der Waals surface area contributed by atoms with E-state index in [0.717, 1.165) is 54.8 Å². The molecule has 1 aromatic heterocycles. The predicted molar refractivity (Wildman–Crippen MR) is 143 cm³/mol. The van der Waals surface area contributed by atoms with Crippen molar-refractivity contribution in [1.29, 1.82) is 0 Å². The van der Waals surface area contributed by atoms with Gasteiger partial charge in [0.2, 0.25) is 5.91 Å². The van der Waals surface area contributed by atoms with Gasteiger partial charge in [0.15, 0.2) is 0 Å². The van der Waals surface area contributed by atoms with Crippen molar-refractivity contribution in [2.75, 3.05) is 44.7 Å². The molecule has 0 radical (unpaired) electrons. The number of morpholine rings is 1. The molecule has 4 aromatic rings. The number of rotatable bonds is 9. The number of aromatic nitrogens is 1. The van der Waals surface area contributed by atoms with Crippen molar-refractivity contribution in [2.45, 2.75) is 13.0 Å². The molecular formula is C28H30N4O2S. The number of nitrogens with zero attached hydrogens (tertiary/aromatic N) is 2. The maximum Gasteiger partial charge on any atom is 0.226 e. The van der Waals surface area contributed by atoms with Crippen LogP contribution in [0.5, 0.6) is 0 Å². The van der Waals surface area contributed by atoms with Gasteiger partial charge in [0.25, 0.3) is 0 Å². The number of amides is 1. The van der Waals surface area contributed by atoms with Crippen LogP contribution in [-0.4, -0.2) is 55.2 Å². The number of thiazole rings is 1. The smallest absolute Gasteiger partial charge is 0.226 e. The number of nitrogens with one attached hydrogen (secondary N) is 2.